The lowest BCUT2D eigenvalue weighted by Gasteiger charge is -2.02. The van der Waals surface area contributed by atoms with Crippen LogP contribution in [0.25, 0.3) is 0 Å². The maximum Gasteiger partial charge on any atom is 0.267 e. The van der Waals surface area contributed by atoms with Crippen LogP contribution in [0.5, 0.6) is 0 Å². The first-order valence-corrected chi connectivity index (χ1v) is 5.01. The Labute approximate surface area is 102 Å². The summed E-state index contributed by atoms with van der Waals surface area (Å²) in [7, 11) is 0. The molecule has 7 nitrogen and oxygen atoms in total. The summed E-state index contributed by atoms with van der Waals surface area (Å²) in [6, 6.07) is 4.47. The van der Waals surface area contributed by atoms with Gasteiger partial charge in [0.2, 0.25) is 5.95 Å². The number of amides is 2. The third-order valence-corrected chi connectivity index (χ3v) is 2.07. The maximum atomic E-state index is 11.7. The van der Waals surface area contributed by atoms with Gasteiger partial charge in [0.25, 0.3) is 11.8 Å². The molecular weight excluding hydrogens is 234 g/mol. The first-order valence-electron chi connectivity index (χ1n) is 5.01. The number of anilines is 1. The van der Waals surface area contributed by atoms with Gasteiger partial charge in [-0.05, 0) is 18.2 Å². The first-order chi connectivity index (χ1) is 8.66. The van der Waals surface area contributed by atoms with Gasteiger partial charge in [0.15, 0.2) is 0 Å². The third-order valence-electron chi connectivity index (χ3n) is 2.07. The predicted octanol–water partition coefficient (Wildman–Crippen LogP) is 0.223. The van der Waals surface area contributed by atoms with E-state index in [-0.39, 0.29) is 17.2 Å². The number of hydrogen-bond donors (Lipinski definition) is 2. The van der Waals surface area contributed by atoms with Crippen molar-refractivity contribution in [1.29, 1.82) is 0 Å². The molecule has 2 aromatic heterocycles. The Balaban J connectivity index is 2.12. The van der Waals surface area contributed by atoms with Crippen molar-refractivity contribution in [3.8, 4) is 0 Å². The van der Waals surface area contributed by atoms with Crippen molar-refractivity contribution in [2.45, 2.75) is 0 Å². The van der Waals surface area contributed by atoms with E-state index >= 15 is 0 Å². The molecule has 0 aliphatic rings. The Bertz CT molecular complexity index is 568. The smallest absolute Gasteiger partial charge is 0.267 e. The highest BCUT2D eigenvalue weighted by molar-refractivity contribution is 6.03. The second-order valence-electron chi connectivity index (χ2n) is 3.32. The van der Waals surface area contributed by atoms with Crippen LogP contribution in [0.3, 0.4) is 0 Å². The molecule has 0 saturated carbocycles. The van der Waals surface area contributed by atoms with E-state index in [0.29, 0.717) is 0 Å². The van der Waals surface area contributed by atoms with Crippen LogP contribution in [0.1, 0.15) is 20.8 Å². The van der Waals surface area contributed by atoms with Gasteiger partial charge in [-0.15, -0.1) is 0 Å². The van der Waals surface area contributed by atoms with Crippen molar-refractivity contribution < 1.29 is 9.59 Å². The molecule has 2 aromatic rings. The summed E-state index contributed by atoms with van der Waals surface area (Å²) in [5.41, 5.74) is 5.43. The molecule has 18 heavy (non-hydrogen) atoms. The van der Waals surface area contributed by atoms with E-state index in [4.69, 9.17) is 5.73 Å². The van der Waals surface area contributed by atoms with Gasteiger partial charge in [-0.3, -0.25) is 19.9 Å². The minimum absolute atomic E-state index is 0.0995. The van der Waals surface area contributed by atoms with Gasteiger partial charge in [0.05, 0.1) is 5.56 Å². The van der Waals surface area contributed by atoms with E-state index in [1.54, 1.807) is 6.07 Å². The summed E-state index contributed by atoms with van der Waals surface area (Å²) < 4.78 is 0. The lowest BCUT2D eigenvalue weighted by molar-refractivity contribution is 0.0990. The van der Waals surface area contributed by atoms with Crippen LogP contribution >= 0.6 is 0 Å². The number of nitrogens with two attached hydrogens (primary N) is 1. The molecule has 0 aliphatic carbocycles. The predicted molar refractivity (Wildman–Crippen MR) is 62.7 cm³/mol. The maximum absolute atomic E-state index is 11.7. The molecule has 0 fully saturated rings. The summed E-state index contributed by atoms with van der Waals surface area (Å²) in [5.74, 6) is -0.862. The number of hydrogen-bond acceptors (Lipinski definition) is 5. The quantitative estimate of drug-likeness (QED) is 0.801. The van der Waals surface area contributed by atoms with Gasteiger partial charge in [-0.1, -0.05) is 0 Å². The Morgan fingerprint density at radius 3 is 2.39 bits per heavy atom. The molecule has 0 unspecified atom stereocenters. The van der Waals surface area contributed by atoms with Gasteiger partial charge < -0.3 is 5.73 Å². The second kappa shape index (κ2) is 5.00. The molecule has 0 bridgehead atoms. The van der Waals surface area contributed by atoms with Crippen LogP contribution in [0.2, 0.25) is 0 Å². The van der Waals surface area contributed by atoms with Gasteiger partial charge in [0.1, 0.15) is 5.69 Å². The number of aromatic nitrogens is 3. The zero-order valence-corrected chi connectivity index (χ0v) is 9.20. The number of pyridine rings is 1. The molecule has 2 amide bonds. The number of rotatable bonds is 3. The molecule has 0 radical (unpaired) electrons. The van der Waals surface area contributed by atoms with E-state index in [2.05, 4.69) is 20.3 Å². The van der Waals surface area contributed by atoms with E-state index in [1.165, 1.54) is 30.7 Å². The summed E-state index contributed by atoms with van der Waals surface area (Å²) in [5, 5.41) is 2.49. The molecule has 0 atom stereocenters. The van der Waals surface area contributed by atoms with Crippen molar-refractivity contribution >= 4 is 17.8 Å². The standard InChI is InChI=1S/C11H9N5O2/c12-9(17)8-3-2-7(6-15-8)10(18)16-11-13-4-1-5-14-11/h1-6H,(H2,12,17)(H,13,14,16,18). The van der Waals surface area contributed by atoms with Crippen LogP contribution in [0.4, 0.5) is 5.95 Å². The molecule has 0 aliphatic heterocycles. The Morgan fingerprint density at radius 1 is 1.11 bits per heavy atom. The Kier molecular flexibility index (Phi) is 3.24. The monoisotopic (exact) mass is 243 g/mol. The van der Waals surface area contributed by atoms with Crippen molar-refractivity contribution in [2.24, 2.45) is 5.73 Å². The third kappa shape index (κ3) is 2.64. The van der Waals surface area contributed by atoms with Crippen LogP contribution in [-0.2, 0) is 0 Å². The van der Waals surface area contributed by atoms with E-state index in [9.17, 15) is 9.59 Å². The first kappa shape index (κ1) is 11.6. The van der Waals surface area contributed by atoms with Crippen LogP contribution in [-0.4, -0.2) is 26.8 Å². The number of carbonyl (C=O) groups is 2. The molecule has 0 saturated heterocycles. The fraction of sp³-hybridized carbons (Fsp3) is 0. The van der Waals surface area contributed by atoms with Crippen molar-refractivity contribution in [3.63, 3.8) is 0 Å². The lowest BCUT2D eigenvalue weighted by Crippen LogP contribution is -2.16. The minimum Gasteiger partial charge on any atom is -0.364 e. The SMILES string of the molecule is NC(=O)c1ccc(C(=O)Nc2ncccn2)cn1. The normalized spacial score (nSPS) is 9.78. The van der Waals surface area contributed by atoms with Gasteiger partial charge in [-0.25, -0.2) is 9.97 Å². The molecule has 2 rings (SSSR count). The molecule has 0 spiro atoms. The largest absolute Gasteiger partial charge is 0.364 e. The molecular formula is C11H9N5O2. The van der Waals surface area contributed by atoms with E-state index in [0.717, 1.165) is 0 Å². The summed E-state index contributed by atoms with van der Waals surface area (Å²) in [6.07, 6.45) is 4.28. The average Bonchev–Trinajstić information content (AvgIpc) is 2.40. The molecule has 0 aromatic carbocycles. The highest BCUT2D eigenvalue weighted by atomic mass is 16.2. The molecule has 90 valence electrons. The average molecular weight is 243 g/mol. The zero-order valence-electron chi connectivity index (χ0n) is 9.20. The number of nitrogens with zero attached hydrogens (tertiary/aromatic N) is 3. The van der Waals surface area contributed by atoms with Gasteiger partial charge in [0, 0.05) is 18.6 Å². The van der Waals surface area contributed by atoms with Gasteiger partial charge in [-0.2, -0.15) is 0 Å². The van der Waals surface area contributed by atoms with E-state index in [1.807, 2.05) is 0 Å². The topological polar surface area (TPSA) is 111 Å². The van der Waals surface area contributed by atoms with Crippen LogP contribution < -0.4 is 11.1 Å². The van der Waals surface area contributed by atoms with Gasteiger partial charge >= 0.3 is 0 Å². The zero-order chi connectivity index (χ0) is 13.0. The fourth-order valence-corrected chi connectivity index (χ4v) is 1.21. The highest BCUT2D eigenvalue weighted by Gasteiger charge is 2.09. The number of primary amides is 1. The van der Waals surface area contributed by atoms with E-state index < -0.39 is 11.8 Å². The highest BCUT2D eigenvalue weighted by Crippen LogP contribution is 2.03. The second-order valence-corrected chi connectivity index (χ2v) is 3.32. The summed E-state index contributed by atoms with van der Waals surface area (Å²) >= 11 is 0. The number of carbonyl (C=O) groups excluding carboxylic acids is 2. The fourth-order valence-electron chi connectivity index (χ4n) is 1.21. The van der Waals surface area contributed by atoms with Crippen LogP contribution in [0.15, 0.2) is 36.8 Å². The summed E-state index contributed by atoms with van der Waals surface area (Å²) in [6.45, 7) is 0. The van der Waals surface area contributed by atoms with Crippen molar-refractivity contribution in [3.05, 3.63) is 48.0 Å². The van der Waals surface area contributed by atoms with Crippen LogP contribution in [0, 0.1) is 0 Å². The number of nitrogens with one attached hydrogen (secondary N) is 1. The Hall–Kier alpha value is -2.83. The molecule has 3 N–H and O–H groups in total. The summed E-state index contributed by atoms with van der Waals surface area (Å²) in [4.78, 5) is 34.0. The molecule has 7 heteroatoms. The minimum atomic E-state index is -0.645. The Morgan fingerprint density at radius 2 is 1.83 bits per heavy atom. The van der Waals surface area contributed by atoms with Crippen molar-refractivity contribution in [2.75, 3.05) is 5.32 Å². The lowest BCUT2D eigenvalue weighted by atomic mass is 10.2. The molecule has 2 heterocycles. The van der Waals surface area contributed by atoms with Crippen molar-refractivity contribution in [1.82, 2.24) is 15.0 Å².